The number of fused-ring (bicyclic) bond motifs is 3. The van der Waals surface area contributed by atoms with Crippen LogP contribution in [0.15, 0.2) is 48.5 Å². The molecule has 5 rings (SSSR count). The van der Waals surface area contributed by atoms with Gasteiger partial charge in [0, 0.05) is 25.1 Å². The molecule has 2 aliphatic heterocycles. The van der Waals surface area contributed by atoms with Gasteiger partial charge in [-0.2, -0.15) is 0 Å². The SMILES string of the molecule is COC(=O)C1Cc2ccccc2N1C(=O)CCN1CCC2(CCc3ccccc32)CC1.Cl. The number of hydrogen-bond acceptors (Lipinski definition) is 4. The average Bonchev–Trinajstić information content (AvgIpc) is 3.37. The molecule has 2 aromatic rings. The van der Waals surface area contributed by atoms with Crippen molar-refractivity contribution >= 4 is 30.0 Å². The van der Waals surface area contributed by atoms with Crippen LogP contribution < -0.4 is 4.90 Å². The number of carbonyl (C=O) groups excluding carboxylic acids is 2. The van der Waals surface area contributed by atoms with Crippen LogP contribution >= 0.6 is 12.4 Å². The van der Waals surface area contributed by atoms with Gasteiger partial charge in [-0.1, -0.05) is 42.5 Å². The van der Waals surface area contributed by atoms with Crippen LogP contribution in [-0.2, 0) is 32.6 Å². The maximum Gasteiger partial charge on any atom is 0.329 e. The Morgan fingerprint density at radius 2 is 1.69 bits per heavy atom. The highest BCUT2D eigenvalue weighted by Gasteiger charge is 2.42. The van der Waals surface area contributed by atoms with Crippen LogP contribution in [0.5, 0.6) is 0 Å². The number of esters is 1. The van der Waals surface area contributed by atoms with Crippen LogP contribution in [0.25, 0.3) is 0 Å². The molecule has 0 N–H and O–H groups in total. The summed E-state index contributed by atoms with van der Waals surface area (Å²) in [4.78, 5) is 29.6. The molecule has 5 nitrogen and oxygen atoms in total. The molecule has 0 bridgehead atoms. The minimum absolute atomic E-state index is 0. The number of anilines is 1. The van der Waals surface area contributed by atoms with Crippen molar-refractivity contribution in [2.45, 2.75) is 50.0 Å². The lowest BCUT2D eigenvalue weighted by atomic mass is 9.74. The summed E-state index contributed by atoms with van der Waals surface area (Å²) in [6.45, 7) is 2.79. The molecule has 1 atom stereocenters. The Morgan fingerprint density at radius 3 is 2.44 bits per heavy atom. The second kappa shape index (κ2) is 9.24. The van der Waals surface area contributed by atoms with E-state index in [-0.39, 0.29) is 24.3 Å². The minimum Gasteiger partial charge on any atom is -0.467 e. The van der Waals surface area contributed by atoms with Crippen LogP contribution in [0.1, 0.15) is 42.4 Å². The highest BCUT2D eigenvalue weighted by Crippen LogP contribution is 2.46. The highest BCUT2D eigenvalue weighted by molar-refractivity contribution is 6.02. The zero-order valence-electron chi connectivity index (χ0n) is 18.6. The Kier molecular flexibility index (Phi) is 6.59. The topological polar surface area (TPSA) is 49.9 Å². The lowest BCUT2D eigenvalue weighted by molar-refractivity contribution is -0.143. The number of rotatable bonds is 4. The second-order valence-electron chi connectivity index (χ2n) is 9.16. The molecule has 3 aliphatic rings. The first-order valence-electron chi connectivity index (χ1n) is 11.4. The predicted molar refractivity (Wildman–Crippen MR) is 127 cm³/mol. The highest BCUT2D eigenvalue weighted by atomic mass is 35.5. The number of carbonyl (C=O) groups is 2. The van der Waals surface area contributed by atoms with Crippen molar-refractivity contribution in [3.05, 3.63) is 65.2 Å². The van der Waals surface area contributed by atoms with Crippen molar-refractivity contribution < 1.29 is 14.3 Å². The second-order valence-corrected chi connectivity index (χ2v) is 9.16. The summed E-state index contributed by atoms with van der Waals surface area (Å²) in [7, 11) is 1.39. The van der Waals surface area contributed by atoms with E-state index < -0.39 is 6.04 Å². The molecule has 0 saturated carbocycles. The van der Waals surface area contributed by atoms with Gasteiger partial charge in [0.05, 0.1) is 7.11 Å². The van der Waals surface area contributed by atoms with Gasteiger partial charge in [-0.05, 0) is 66.9 Å². The van der Waals surface area contributed by atoms with Crippen molar-refractivity contribution in [3.8, 4) is 0 Å². The molecule has 32 heavy (non-hydrogen) atoms. The summed E-state index contributed by atoms with van der Waals surface area (Å²) in [5.74, 6) is -0.337. The van der Waals surface area contributed by atoms with E-state index >= 15 is 0 Å². The van der Waals surface area contributed by atoms with E-state index in [1.165, 1.54) is 25.5 Å². The maximum absolute atomic E-state index is 13.2. The molecular weight excluding hydrogens is 424 g/mol. The van der Waals surface area contributed by atoms with Gasteiger partial charge in [0.2, 0.25) is 5.91 Å². The van der Waals surface area contributed by atoms with Crippen LogP contribution in [0, 0.1) is 0 Å². The Labute approximate surface area is 196 Å². The third-order valence-electron chi connectivity index (χ3n) is 7.63. The number of nitrogens with zero attached hydrogens (tertiary/aromatic N) is 2. The monoisotopic (exact) mass is 454 g/mol. The van der Waals surface area contributed by atoms with Crippen molar-refractivity contribution in [1.82, 2.24) is 4.90 Å². The van der Waals surface area contributed by atoms with E-state index in [9.17, 15) is 9.59 Å². The summed E-state index contributed by atoms with van der Waals surface area (Å²) in [6.07, 6.45) is 5.72. The largest absolute Gasteiger partial charge is 0.467 e. The van der Waals surface area contributed by atoms with Crippen LogP contribution in [0.3, 0.4) is 0 Å². The molecule has 1 saturated heterocycles. The number of methoxy groups -OCH3 is 1. The average molecular weight is 455 g/mol. The first-order valence-corrected chi connectivity index (χ1v) is 11.4. The van der Waals surface area contributed by atoms with E-state index in [4.69, 9.17) is 4.74 Å². The molecule has 2 aromatic carbocycles. The van der Waals surface area contributed by atoms with Crippen LogP contribution in [-0.4, -0.2) is 49.6 Å². The number of halogens is 1. The first-order chi connectivity index (χ1) is 15.1. The number of para-hydroxylation sites is 1. The van der Waals surface area contributed by atoms with Gasteiger partial charge in [-0.25, -0.2) is 4.79 Å². The molecule has 1 amide bonds. The Hall–Kier alpha value is -2.37. The molecule has 0 aromatic heterocycles. The van der Waals surface area contributed by atoms with Gasteiger partial charge >= 0.3 is 5.97 Å². The molecule has 1 aliphatic carbocycles. The minimum atomic E-state index is -0.547. The number of aryl methyl sites for hydroxylation is 1. The fourth-order valence-corrected chi connectivity index (χ4v) is 5.88. The van der Waals surface area contributed by atoms with E-state index in [1.807, 2.05) is 24.3 Å². The zero-order valence-corrected chi connectivity index (χ0v) is 19.4. The van der Waals surface area contributed by atoms with Gasteiger partial charge < -0.3 is 9.64 Å². The molecule has 0 radical (unpaired) electrons. The lowest BCUT2D eigenvalue weighted by Crippen LogP contribution is -2.46. The number of hydrogen-bond donors (Lipinski definition) is 0. The van der Waals surface area contributed by atoms with E-state index in [0.717, 1.165) is 43.7 Å². The van der Waals surface area contributed by atoms with Crippen LogP contribution in [0.4, 0.5) is 5.69 Å². The normalized spacial score (nSPS) is 21.0. The van der Waals surface area contributed by atoms with Gasteiger partial charge in [-0.15, -0.1) is 12.4 Å². The number of amides is 1. The molecule has 1 unspecified atom stereocenters. The van der Waals surface area contributed by atoms with Gasteiger partial charge in [0.25, 0.3) is 0 Å². The fraction of sp³-hybridized carbons (Fsp3) is 0.462. The Bertz CT molecular complexity index is 1000. The summed E-state index contributed by atoms with van der Waals surface area (Å²) < 4.78 is 4.98. The van der Waals surface area contributed by atoms with Gasteiger partial charge in [-0.3, -0.25) is 9.69 Å². The maximum atomic E-state index is 13.2. The summed E-state index contributed by atoms with van der Waals surface area (Å²) >= 11 is 0. The molecular formula is C26H31ClN2O3. The predicted octanol–water partition coefficient (Wildman–Crippen LogP) is 3.91. The zero-order chi connectivity index (χ0) is 21.4. The molecule has 1 spiro atoms. The standard InChI is InChI=1S/C26H30N2O3.ClH/c1-31-25(30)23-18-20-7-3-5-9-22(20)28(23)24(29)11-15-27-16-13-26(14-17-27)12-10-19-6-2-4-8-21(19)26;/h2-9,23H,10-18H2,1H3;1H. The lowest BCUT2D eigenvalue weighted by Gasteiger charge is -2.40. The molecule has 6 heteroatoms. The van der Waals surface area contributed by atoms with E-state index in [1.54, 1.807) is 10.5 Å². The van der Waals surface area contributed by atoms with Crippen molar-refractivity contribution in [3.63, 3.8) is 0 Å². The van der Waals surface area contributed by atoms with Crippen LogP contribution in [0.2, 0.25) is 0 Å². The Balaban J connectivity index is 0.00000245. The quantitative estimate of drug-likeness (QED) is 0.657. The smallest absolute Gasteiger partial charge is 0.329 e. The first kappa shape index (κ1) is 22.8. The molecule has 170 valence electrons. The third-order valence-corrected chi connectivity index (χ3v) is 7.63. The number of ether oxygens (including phenoxy) is 1. The number of piperidine rings is 1. The molecule has 1 fully saturated rings. The Morgan fingerprint density at radius 1 is 1.00 bits per heavy atom. The molecule has 2 heterocycles. The van der Waals surface area contributed by atoms with Crippen molar-refractivity contribution in [2.24, 2.45) is 0 Å². The summed E-state index contributed by atoms with van der Waals surface area (Å²) in [6, 6.07) is 16.2. The summed E-state index contributed by atoms with van der Waals surface area (Å²) in [5.41, 5.74) is 5.29. The van der Waals surface area contributed by atoms with Crippen molar-refractivity contribution in [1.29, 1.82) is 0 Å². The van der Waals surface area contributed by atoms with Gasteiger partial charge in [0.1, 0.15) is 6.04 Å². The number of benzene rings is 2. The van der Waals surface area contributed by atoms with Gasteiger partial charge in [0.15, 0.2) is 0 Å². The van der Waals surface area contributed by atoms with E-state index in [2.05, 4.69) is 29.2 Å². The van der Waals surface area contributed by atoms with Crippen molar-refractivity contribution in [2.75, 3.05) is 31.6 Å². The number of likely N-dealkylation sites (tertiary alicyclic amines) is 1. The summed E-state index contributed by atoms with van der Waals surface area (Å²) in [5, 5.41) is 0. The van der Waals surface area contributed by atoms with E-state index in [0.29, 0.717) is 18.3 Å². The fourth-order valence-electron chi connectivity index (χ4n) is 5.88. The third kappa shape index (κ3) is 3.93.